The third kappa shape index (κ3) is 4.28. The Morgan fingerprint density at radius 1 is 1.00 bits per heavy atom. The third-order valence-electron chi connectivity index (χ3n) is 4.77. The zero-order valence-electron chi connectivity index (χ0n) is 17.2. The van der Waals surface area contributed by atoms with E-state index in [0.29, 0.717) is 51.6 Å². The van der Waals surface area contributed by atoms with Crippen molar-refractivity contribution in [2.45, 2.75) is 6.92 Å². The van der Waals surface area contributed by atoms with E-state index < -0.39 is 0 Å². The quantitative estimate of drug-likeness (QED) is 0.473. The molecule has 31 heavy (non-hydrogen) atoms. The predicted molar refractivity (Wildman–Crippen MR) is 120 cm³/mol. The summed E-state index contributed by atoms with van der Waals surface area (Å²) in [4.78, 5) is 25.3. The van der Waals surface area contributed by atoms with Crippen molar-refractivity contribution in [3.63, 3.8) is 0 Å². The van der Waals surface area contributed by atoms with Crippen LogP contribution in [0.25, 0.3) is 22.3 Å². The van der Waals surface area contributed by atoms with Crippen molar-refractivity contribution in [1.29, 1.82) is 0 Å². The Labute approximate surface area is 179 Å². The molecule has 0 unspecified atom stereocenters. The van der Waals surface area contributed by atoms with Gasteiger partial charge in [-0.2, -0.15) is 0 Å². The molecule has 0 saturated carbocycles. The topological polar surface area (TPSA) is 77.8 Å². The highest BCUT2D eigenvalue weighted by Gasteiger charge is 2.13. The second kappa shape index (κ2) is 8.75. The fourth-order valence-electron chi connectivity index (χ4n) is 3.28. The largest absolute Gasteiger partial charge is 0.497 e. The molecule has 156 valence electrons. The van der Waals surface area contributed by atoms with Crippen LogP contribution in [0.2, 0.25) is 0 Å². The van der Waals surface area contributed by atoms with Crippen LogP contribution >= 0.6 is 0 Å². The first-order chi connectivity index (χ1) is 15.1. The molecule has 1 aromatic heterocycles. The van der Waals surface area contributed by atoms with E-state index in [2.05, 4.69) is 5.32 Å². The molecule has 0 atom stereocenters. The maximum Gasteiger partial charge on any atom is 0.255 e. The van der Waals surface area contributed by atoms with Gasteiger partial charge in [0.15, 0.2) is 5.43 Å². The predicted octanol–water partition coefficient (Wildman–Crippen LogP) is 5.12. The standard InChI is InChI=1S/C25H21NO5/c1-3-30-22-10-5-4-9-20(22)24-15-21(27)19-12-11-17(14-23(19)31-24)26-25(28)16-7-6-8-18(13-16)29-2/h4-15H,3H2,1-2H3,(H,26,28). The number of carbonyl (C=O) groups is 1. The number of benzene rings is 3. The lowest BCUT2D eigenvalue weighted by atomic mass is 10.1. The highest BCUT2D eigenvalue weighted by Crippen LogP contribution is 2.31. The number of hydrogen-bond donors (Lipinski definition) is 1. The number of fused-ring (bicyclic) bond motifs is 1. The van der Waals surface area contributed by atoms with E-state index >= 15 is 0 Å². The number of amides is 1. The van der Waals surface area contributed by atoms with Gasteiger partial charge in [0.1, 0.15) is 22.8 Å². The summed E-state index contributed by atoms with van der Waals surface area (Å²) in [5, 5.41) is 3.26. The molecular formula is C25H21NO5. The van der Waals surface area contributed by atoms with Gasteiger partial charge >= 0.3 is 0 Å². The summed E-state index contributed by atoms with van der Waals surface area (Å²) in [7, 11) is 1.55. The minimum absolute atomic E-state index is 0.173. The Morgan fingerprint density at radius 3 is 2.65 bits per heavy atom. The fourth-order valence-corrected chi connectivity index (χ4v) is 3.28. The first-order valence-corrected chi connectivity index (χ1v) is 9.84. The molecule has 3 aromatic carbocycles. The zero-order valence-corrected chi connectivity index (χ0v) is 17.2. The van der Waals surface area contributed by atoms with Gasteiger partial charge in [-0.15, -0.1) is 0 Å². The number of hydrogen-bond acceptors (Lipinski definition) is 5. The molecule has 0 aliphatic rings. The van der Waals surface area contributed by atoms with Crippen LogP contribution in [0, 0.1) is 0 Å². The van der Waals surface area contributed by atoms with Crippen LogP contribution < -0.4 is 20.2 Å². The Hall–Kier alpha value is -4.06. The van der Waals surface area contributed by atoms with Gasteiger partial charge in [-0.05, 0) is 49.4 Å². The number of anilines is 1. The van der Waals surface area contributed by atoms with Gasteiger partial charge in [-0.1, -0.05) is 18.2 Å². The summed E-state index contributed by atoms with van der Waals surface area (Å²) in [5.41, 5.74) is 1.86. The second-order valence-corrected chi connectivity index (χ2v) is 6.80. The van der Waals surface area contributed by atoms with E-state index in [4.69, 9.17) is 13.9 Å². The first kappa shape index (κ1) is 20.2. The van der Waals surface area contributed by atoms with E-state index in [0.717, 1.165) is 0 Å². The number of carbonyl (C=O) groups excluding carboxylic acids is 1. The Balaban J connectivity index is 1.70. The molecule has 1 N–H and O–H groups in total. The van der Waals surface area contributed by atoms with Gasteiger partial charge in [-0.3, -0.25) is 9.59 Å². The monoisotopic (exact) mass is 415 g/mol. The number of nitrogens with one attached hydrogen (secondary N) is 1. The van der Waals surface area contributed by atoms with Crippen LogP contribution in [-0.2, 0) is 0 Å². The van der Waals surface area contributed by atoms with Crippen molar-refractivity contribution in [3.05, 3.63) is 88.6 Å². The van der Waals surface area contributed by atoms with Crippen LogP contribution in [0.1, 0.15) is 17.3 Å². The average molecular weight is 415 g/mol. The maximum absolute atomic E-state index is 12.7. The smallest absolute Gasteiger partial charge is 0.255 e. The van der Waals surface area contributed by atoms with Crippen molar-refractivity contribution >= 4 is 22.6 Å². The molecule has 4 rings (SSSR count). The van der Waals surface area contributed by atoms with E-state index in [-0.39, 0.29) is 11.3 Å². The van der Waals surface area contributed by atoms with E-state index in [9.17, 15) is 9.59 Å². The summed E-state index contributed by atoms with van der Waals surface area (Å²) in [6.45, 7) is 2.39. The fraction of sp³-hybridized carbons (Fsp3) is 0.120. The van der Waals surface area contributed by atoms with Crippen molar-refractivity contribution in [3.8, 4) is 22.8 Å². The lowest BCUT2D eigenvalue weighted by Crippen LogP contribution is -2.12. The van der Waals surface area contributed by atoms with Gasteiger partial charge in [0, 0.05) is 23.4 Å². The van der Waals surface area contributed by atoms with E-state index in [1.165, 1.54) is 6.07 Å². The summed E-state index contributed by atoms with van der Waals surface area (Å²) >= 11 is 0. The lowest BCUT2D eigenvalue weighted by molar-refractivity contribution is 0.102. The van der Waals surface area contributed by atoms with Gasteiger partial charge in [-0.25, -0.2) is 0 Å². The van der Waals surface area contributed by atoms with Crippen LogP contribution in [-0.4, -0.2) is 19.6 Å². The molecule has 1 heterocycles. The SMILES string of the molecule is CCOc1ccccc1-c1cc(=O)c2ccc(NC(=O)c3cccc(OC)c3)cc2o1. The first-order valence-electron chi connectivity index (χ1n) is 9.84. The van der Waals surface area contributed by atoms with Gasteiger partial charge < -0.3 is 19.2 Å². The normalized spacial score (nSPS) is 10.6. The van der Waals surface area contributed by atoms with Gasteiger partial charge in [0.25, 0.3) is 5.91 Å². The van der Waals surface area contributed by atoms with E-state index in [1.54, 1.807) is 49.6 Å². The summed E-state index contributed by atoms with van der Waals surface area (Å²) in [6.07, 6.45) is 0. The number of rotatable bonds is 6. The molecule has 0 fully saturated rings. The van der Waals surface area contributed by atoms with Crippen LogP contribution in [0.3, 0.4) is 0 Å². The van der Waals surface area contributed by atoms with Crippen molar-refractivity contribution in [2.24, 2.45) is 0 Å². The molecule has 0 bridgehead atoms. The molecule has 1 amide bonds. The molecule has 4 aromatic rings. The molecule has 6 nitrogen and oxygen atoms in total. The van der Waals surface area contributed by atoms with Crippen LogP contribution in [0.15, 0.2) is 82.0 Å². The Kier molecular flexibility index (Phi) is 5.71. The lowest BCUT2D eigenvalue weighted by Gasteiger charge is -2.11. The number of ether oxygens (including phenoxy) is 2. The molecule has 0 saturated heterocycles. The van der Waals surface area contributed by atoms with Crippen LogP contribution in [0.5, 0.6) is 11.5 Å². The zero-order chi connectivity index (χ0) is 21.8. The molecular weight excluding hydrogens is 394 g/mol. The summed E-state index contributed by atoms with van der Waals surface area (Å²) in [6, 6.07) is 20.6. The third-order valence-corrected chi connectivity index (χ3v) is 4.77. The number of para-hydroxylation sites is 1. The molecule has 0 spiro atoms. The molecule has 0 aliphatic heterocycles. The maximum atomic E-state index is 12.7. The van der Waals surface area contributed by atoms with Crippen molar-refractivity contribution in [1.82, 2.24) is 0 Å². The van der Waals surface area contributed by atoms with Gasteiger partial charge in [0.2, 0.25) is 0 Å². The van der Waals surface area contributed by atoms with Crippen molar-refractivity contribution in [2.75, 3.05) is 19.0 Å². The van der Waals surface area contributed by atoms with E-state index in [1.807, 2.05) is 31.2 Å². The summed E-state index contributed by atoms with van der Waals surface area (Å²) < 4.78 is 16.9. The second-order valence-electron chi connectivity index (χ2n) is 6.80. The minimum atomic E-state index is -0.293. The minimum Gasteiger partial charge on any atom is -0.497 e. The molecule has 6 heteroatoms. The molecule has 0 radical (unpaired) electrons. The Bertz CT molecular complexity index is 1310. The number of methoxy groups -OCH3 is 1. The average Bonchev–Trinajstić information content (AvgIpc) is 2.79. The highest BCUT2D eigenvalue weighted by atomic mass is 16.5. The Morgan fingerprint density at radius 2 is 1.84 bits per heavy atom. The van der Waals surface area contributed by atoms with Gasteiger partial charge in [0.05, 0.1) is 24.7 Å². The van der Waals surface area contributed by atoms with Crippen LogP contribution in [0.4, 0.5) is 5.69 Å². The van der Waals surface area contributed by atoms with Crippen molar-refractivity contribution < 1.29 is 18.7 Å². The molecule has 0 aliphatic carbocycles. The summed E-state index contributed by atoms with van der Waals surface area (Å²) in [5.74, 6) is 1.33. The highest BCUT2D eigenvalue weighted by molar-refractivity contribution is 6.05.